The molecule has 1 saturated heterocycles. The maximum atomic E-state index is 15.3. The van der Waals surface area contributed by atoms with Gasteiger partial charge in [0.15, 0.2) is 0 Å². The average Bonchev–Trinajstić information content (AvgIpc) is 3.00. The van der Waals surface area contributed by atoms with Gasteiger partial charge in [0.25, 0.3) is 11.8 Å². The highest BCUT2D eigenvalue weighted by Crippen LogP contribution is 2.36. The van der Waals surface area contributed by atoms with Crippen molar-refractivity contribution in [2.75, 3.05) is 0 Å². The van der Waals surface area contributed by atoms with E-state index in [1.165, 1.54) is 23.2 Å². The van der Waals surface area contributed by atoms with Gasteiger partial charge in [0.05, 0.1) is 17.2 Å². The van der Waals surface area contributed by atoms with Crippen molar-refractivity contribution in [1.29, 1.82) is 0 Å². The molecule has 2 aromatic rings. The molecule has 0 radical (unpaired) electrons. The molecule has 0 aromatic heterocycles. The SMILES string of the molecule is CCC[C@@H](N(NC(=O)c1ccc(B2OC(C)(C)C(C)(C)O2)c(F)c1)C(=O)c1cc(C)cc(C)c1)C(C)(C)C. The van der Waals surface area contributed by atoms with Gasteiger partial charge in [0.1, 0.15) is 5.82 Å². The average molecular weight is 524 g/mol. The summed E-state index contributed by atoms with van der Waals surface area (Å²) in [6.07, 6.45) is 1.52. The van der Waals surface area contributed by atoms with E-state index in [2.05, 4.69) is 5.43 Å². The molecule has 0 unspecified atom stereocenters. The Morgan fingerprint density at radius 3 is 2.00 bits per heavy atom. The van der Waals surface area contributed by atoms with Crippen LogP contribution in [0.4, 0.5) is 4.39 Å². The molecular formula is C30H42BFN2O4. The Labute approximate surface area is 227 Å². The van der Waals surface area contributed by atoms with Gasteiger partial charge in [-0.05, 0) is 77.6 Å². The maximum Gasteiger partial charge on any atom is 0.497 e. The molecule has 206 valence electrons. The topological polar surface area (TPSA) is 67.9 Å². The van der Waals surface area contributed by atoms with Crippen LogP contribution < -0.4 is 10.9 Å². The molecule has 0 saturated carbocycles. The van der Waals surface area contributed by atoms with Gasteiger partial charge in [0.2, 0.25) is 0 Å². The monoisotopic (exact) mass is 524 g/mol. The summed E-state index contributed by atoms with van der Waals surface area (Å²) >= 11 is 0. The zero-order valence-electron chi connectivity index (χ0n) is 24.5. The molecule has 0 aliphatic carbocycles. The van der Waals surface area contributed by atoms with E-state index in [-0.39, 0.29) is 28.4 Å². The molecule has 1 N–H and O–H groups in total. The molecule has 1 aliphatic heterocycles. The second kappa shape index (κ2) is 10.8. The largest absolute Gasteiger partial charge is 0.497 e. The number of nitrogens with one attached hydrogen (secondary N) is 1. The molecule has 1 atom stereocenters. The minimum Gasteiger partial charge on any atom is -0.399 e. The van der Waals surface area contributed by atoms with Crippen molar-refractivity contribution >= 4 is 24.4 Å². The first kappa shape index (κ1) is 29.8. The summed E-state index contributed by atoms with van der Waals surface area (Å²) < 4.78 is 27.2. The first-order valence-corrected chi connectivity index (χ1v) is 13.3. The van der Waals surface area contributed by atoms with E-state index < -0.39 is 30.0 Å². The Bertz CT molecular complexity index is 1170. The van der Waals surface area contributed by atoms with E-state index in [4.69, 9.17) is 9.31 Å². The minimum absolute atomic E-state index is 0.102. The number of amides is 2. The van der Waals surface area contributed by atoms with Crippen LogP contribution in [0.15, 0.2) is 36.4 Å². The summed E-state index contributed by atoms with van der Waals surface area (Å²) in [5, 5.41) is 1.43. The highest BCUT2D eigenvalue weighted by molar-refractivity contribution is 6.62. The lowest BCUT2D eigenvalue weighted by Gasteiger charge is -2.40. The van der Waals surface area contributed by atoms with Crippen LogP contribution in [0.2, 0.25) is 0 Å². The van der Waals surface area contributed by atoms with Crippen molar-refractivity contribution in [2.45, 2.75) is 99.3 Å². The summed E-state index contributed by atoms with van der Waals surface area (Å²) in [4.78, 5) is 27.2. The molecule has 1 heterocycles. The molecule has 2 aromatic carbocycles. The van der Waals surface area contributed by atoms with Crippen LogP contribution in [0.3, 0.4) is 0 Å². The standard InChI is InChI=1S/C30H42BFN2O4/c1-11-12-25(28(4,5)6)34(27(36)22-16-19(2)15-20(3)17-22)33-26(35)21-13-14-23(24(32)18-21)31-37-29(7,8)30(9,10)38-31/h13-18,25H,11-12H2,1-10H3,(H,33,35)/t25-/m1/s1. The Kier molecular flexibility index (Phi) is 8.49. The van der Waals surface area contributed by atoms with Crippen molar-refractivity contribution in [2.24, 2.45) is 5.41 Å². The van der Waals surface area contributed by atoms with E-state index in [0.29, 0.717) is 12.0 Å². The number of nitrogens with zero attached hydrogens (tertiary/aromatic N) is 1. The van der Waals surface area contributed by atoms with Crippen LogP contribution in [0.25, 0.3) is 0 Å². The fourth-order valence-corrected chi connectivity index (χ4v) is 4.73. The van der Waals surface area contributed by atoms with E-state index >= 15 is 4.39 Å². The van der Waals surface area contributed by atoms with E-state index in [1.54, 1.807) is 0 Å². The third-order valence-corrected chi connectivity index (χ3v) is 7.55. The number of hydrogen-bond donors (Lipinski definition) is 1. The molecule has 38 heavy (non-hydrogen) atoms. The predicted molar refractivity (Wildman–Crippen MR) is 150 cm³/mol. The number of carbonyl (C=O) groups is 2. The highest BCUT2D eigenvalue weighted by atomic mass is 19.1. The van der Waals surface area contributed by atoms with Crippen molar-refractivity contribution in [3.05, 3.63) is 64.5 Å². The van der Waals surface area contributed by atoms with Crippen LogP contribution >= 0.6 is 0 Å². The number of halogens is 1. The van der Waals surface area contributed by atoms with Crippen molar-refractivity contribution in [3.63, 3.8) is 0 Å². The Morgan fingerprint density at radius 2 is 1.53 bits per heavy atom. The molecule has 0 spiro atoms. The van der Waals surface area contributed by atoms with Crippen LogP contribution in [0.1, 0.15) is 100 Å². The van der Waals surface area contributed by atoms with Gasteiger partial charge in [-0.15, -0.1) is 0 Å². The van der Waals surface area contributed by atoms with E-state index in [9.17, 15) is 9.59 Å². The number of hydrazine groups is 1. The first-order valence-electron chi connectivity index (χ1n) is 13.3. The zero-order valence-corrected chi connectivity index (χ0v) is 24.5. The quantitative estimate of drug-likeness (QED) is 0.387. The van der Waals surface area contributed by atoms with Crippen LogP contribution in [0, 0.1) is 25.1 Å². The molecule has 1 fully saturated rings. The fraction of sp³-hybridized carbons (Fsp3) is 0.533. The number of benzene rings is 2. The molecule has 0 bridgehead atoms. The smallest absolute Gasteiger partial charge is 0.399 e. The normalized spacial score (nSPS) is 17.3. The van der Waals surface area contributed by atoms with E-state index in [0.717, 1.165) is 17.5 Å². The third kappa shape index (κ3) is 6.29. The van der Waals surface area contributed by atoms with Gasteiger partial charge in [-0.3, -0.25) is 15.0 Å². The van der Waals surface area contributed by atoms with Crippen molar-refractivity contribution in [1.82, 2.24) is 10.4 Å². The van der Waals surface area contributed by atoms with Crippen LogP contribution in [0.5, 0.6) is 0 Å². The highest BCUT2D eigenvalue weighted by Gasteiger charge is 2.52. The molecule has 2 amide bonds. The molecular weight excluding hydrogens is 482 g/mol. The predicted octanol–water partition coefficient (Wildman–Crippen LogP) is 5.74. The number of aryl methyl sites for hydroxylation is 2. The Hall–Kier alpha value is -2.71. The zero-order chi connectivity index (χ0) is 28.6. The Balaban J connectivity index is 1.93. The number of carbonyl (C=O) groups excluding carboxylic acids is 2. The van der Waals surface area contributed by atoms with Gasteiger partial charge in [-0.1, -0.05) is 57.4 Å². The fourth-order valence-electron chi connectivity index (χ4n) is 4.73. The third-order valence-electron chi connectivity index (χ3n) is 7.55. The molecule has 6 nitrogen and oxygen atoms in total. The summed E-state index contributed by atoms with van der Waals surface area (Å²) in [6.45, 7) is 19.6. The number of hydrogen-bond acceptors (Lipinski definition) is 4. The summed E-state index contributed by atoms with van der Waals surface area (Å²) in [7, 11) is -0.880. The second-order valence-electron chi connectivity index (χ2n) is 12.5. The van der Waals surface area contributed by atoms with Gasteiger partial charge >= 0.3 is 7.12 Å². The lowest BCUT2D eigenvalue weighted by atomic mass is 9.78. The first-order chi connectivity index (χ1) is 17.5. The van der Waals surface area contributed by atoms with Gasteiger partial charge in [0, 0.05) is 16.6 Å². The van der Waals surface area contributed by atoms with Gasteiger partial charge in [-0.25, -0.2) is 9.40 Å². The summed E-state index contributed by atoms with van der Waals surface area (Å²) in [5.41, 5.74) is 4.02. The van der Waals surface area contributed by atoms with E-state index in [1.807, 2.05) is 87.4 Å². The minimum atomic E-state index is -0.880. The molecule has 8 heteroatoms. The summed E-state index contributed by atoms with van der Waals surface area (Å²) in [5.74, 6) is -1.47. The Morgan fingerprint density at radius 1 is 0.974 bits per heavy atom. The van der Waals surface area contributed by atoms with Crippen LogP contribution in [-0.2, 0) is 9.31 Å². The lowest BCUT2D eigenvalue weighted by Crippen LogP contribution is -2.56. The molecule has 1 aliphatic rings. The van der Waals surface area contributed by atoms with Gasteiger partial charge in [-0.2, -0.15) is 0 Å². The lowest BCUT2D eigenvalue weighted by molar-refractivity contribution is 0.00578. The van der Waals surface area contributed by atoms with Gasteiger partial charge < -0.3 is 9.31 Å². The number of rotatable bonds is 6. The van der Waals surface area contributed by atoms with Crippen molar-refractivity contribution in [3.8, 4) is 0 Å². The second-order valence-corrected chi connectivity index (χ2v) is 12.5. The summed E-state index contributed by atoms with van der Waals surface area (Å²) in [6, 6.07) is 9.56. The molecule has 3 rings (SSSR count). The van der Waals surface area contributed by atoms with Crippen LogP contribution in [-0.4, -0.2) is 41.2 Å². The van der Waals surface area contributed by atoms with Crippen molar-refractivity contribution < 1.29 is 23.3 Å². The maximum absolute atomic E-state index is 15.3.